The smallest absolute Gasteiger partial charge is 0.454 e. The third kappa shape index (κ3) is 5.44. The molecule has 0 aliphatic rings. The number of rotatable bonds is 1. The molecule has 1 N–H and O–H groups in total. The van der Waals surface area contributed by atoms with Crippen LogP contribution < -0.4 is 0 Å². The van der Waals surface area contributed by atoms with Crippen LogP contribution >= 0.6 is 0 Å². The summed E-state index contributed by atoms with van der Waals surface area (Å²) in [6.07, 6.45) is -11.7. The number of carbonyl (C=O) groups is 1. The van der Waals surface area contributed by atoms with Crippen molar-refractivity contribution in [3.8, 4) is 0 Å². The molecule has 0 heterocycles. The van der Waals surface area contributed by atoms with Crippen LogP contribution in [0.1, 0.15) is 0 Å². The molecule has 0 saturated heterocycles. The monoisotopic (exact) mass is 413 g/mol. The number of aliphatic hydroxyl groups is 1. The van der Waals surface area contributed by atoms with Gasteiger partial charge in [-0.05, 0) is 0 Å². The molecule has 1 radical (unpaired) electrons. The molecule has 0 unspecified atom stereocenters. The number of alkyl halides is 6. The fraction of sp³-hybridized carbons (Fsp3) is 0.400. The minimum Gasteiger partial charge on any atom is -0.504 e. The average Bonchev–Trinajstić information content (AvgIpc) is 1.82. The first kappa shape index (κ1) is 16.2. The zero-order valence-corrected chi connectivity index (χ0v) is 10.8. The van der Waals surface area contributed by atoms with Gasteiger partial charge in [-0.3, -0.25) is 4.79 Å². The molecule has 0 fully saturated rings. The fourth-order valence-electron chi connectivity index (χ4n) is 0.288. The Kier molecular flexibility index (Phi) is 5.75. The van der Waals surface area contributed by atoms with Crippen molar-refractivity contribution in [3.63, 3.8) is 0 Å². The van der Waals surface area contributed by atoms with Gasteiger partial charge in [-0.25, -0.2) is 0 Å². The quantitative estimate of drug-likeness (QED) is 0.308. The van der Waals surface area contributed by atoms with Gasteiger partial charge < -0.3 is 5.11 Å². The Hall–Kier alpha value is -0.288. The summed E-state index contributed by atoms with van der Waals surface area (Å²) in [6.45, 7) is 0. The maximum atomic E-state index is 11.4. The van der Waals surface area contributed by atoms with Crippen molar-refractivity contribution in [1.29, 1.82) is 0 Å². The first-order valence-electron chi connectivity index (χ1n) is 2.64. The summed E-state index contributed by atoms with van der Waals surface area (Å²) in [6, 6.07) is 0. The number of hydrogen-bond donors (Lipinski definition) is 1. The molecule has 0 aliphatic carbocycles. The van der Waals surface area contributed by atoms with Gasteiger partial charge in [-0.2, -0.15) is 26.3 Å². The molecule has 0 aromatic rings. The summed E-state index contributed by atoms with van der Waals surface area (Å²) >= 11 is 0. The van der Waals surface area contributed by atoms with E-state index in [-0.39, 0.29) is 27.3 Å². The van der Waals surface area contributed by atoms with Crippen LogP contribution in [0.5, 0.6) is 0 Å². The van der Waals surface area contributed by atoms with Gasteiger partial charge in [-0.15, -0.1) is 0 Å². The maximum Gasteiger partial charge on any atom is 0.454 e. The van der Waals surface area contributed by atoms with Gasteiger partial charge in [0.1, 0.15) is 0 Å². The molecule has 14 heavy (non-hydrogen) atoms. The van der Waals surface area contributed by atoms with Crippen molar-refractivity contribution in [2.75, 3.05) is 0 Å². The van der Waals surface area contributed by atoms with Gasteiger partial charge in [0.15, 0.2) is 0 Å². The number of carbonyl (C=O) groups excluding carboxylic acids is 1. The average molecular weight is 412 g/mol. The SMILES string of the molecule is O=C(C=C(O)C(F)(F)F)C(F)(F)F.[Tl]. The molecule has 0 amide bonds. The Morgan fingerprint density at radius 2 is 1.36 bits per heavy atom. The molecule has 0 aliphatic heterocycles. The molecule has 0 saturated carbocycles. The number of ketones is 1. The molecular formula is C5H2F6O2Tl. The van der Waals surface area contributed by atoms with Crippen LogP contribution in [0, 0.1) is 0 Å². The number of allylic oxidation sites excluding steroid dienone is 2. The van der Waals surface area contributed by atoms with E-state index in [0.717, 1.165) is 0 Å². The Morgan fingerprint density at radius 3 is 1.57 bits per heavy atom. The first-order chi connectivity index (χ1) is 5.55. The van der Waals surface area contributed by atoms with Crippen LogP contribution in [0.25, 0.3) is 0 Å². The first-order valence-corrected chi connectivity index (χ1v) is 2.64. The molecule has 0 atom stereocenters. The molecule has 0 aromatic carbocycles. The Morgan fingerprint density at radius 1 is 1.00 bits per heavy atom. The molecule has 2 nitrogen and oxygen atoms in total. The van der Waals surface area contributed by atoms with Crippen molar-refractivity contribution < 1.29 is 36.2 Å². The third-order valence-corrected chi connectivity index (χ3v) is 0.838. The second-order valence-corrected chi connectivity index (χ2v) is 1.89. The van der Waals surface area contributed by atoms with Gasteiger partial charge >= 0.3 is 12.4 Å². The minimum absolute atomic E-state index is 0. The molecule has 0 rings (SSSR count). The Balaban J connectivity index is 0. The van der Waals surface area contributed by atoms with Gasteiger partial charge in [0.25, 0.3) is 5.78 Å². The van der Waals surface area contributed by atoms with Gasteiger partial charge in [-0.1, -0.05) is 0 Å². The predicted molar refractivity (Wildman–Crippen MR) is 33.6 cm³/mol. The van der Waals surface area contributed by atoms with E-state index in [1.54, 1.807) is 0 Å². The maximum absolute atomic E-state index is 11.4. The summed E-state index contributed by atoms with van der Waals surface area (Å²) in [7, 11) is 0. The normalized spacial score (nSPS) is 13.4. The number of aliphatic hydroxyl groups excluding tert-OH is 1. The summed E-state index contributed by atoms with van der Waals surface area (Å²) < 4.78 is 68.1. The van der Waals surface area contributed by atoms with E-state index in [1.807, 2.05) is 0 Å². The fourth-order valence-corrected chi connectivity index (χ4v) is 0.288. The second-order valence-electron chi connectivity index (χ2n) is 1.89. The second kappa shape index (κ2) is 4.98. The molecule has 9 heteroatoms. The van der Waals surface area contributed by atoms with Crippen LogP contribution in [0.3, 0.4) is 0 Å². The van der Waals surface area contributed by atoms with Gasteiger partial charge in [0.05, 0.1) is 0 Å². The Labute approximate surface area is 93.7 Å². The molecule has 0 spiro atoms. The van der Waals surface area contributed by atoms with E-state index in [0.29, 0.717) is 0 Å². The van der Waals surface area contributed by atoms with E-state index < -0.39 is 30.0 Å². The van der Waals surface area contributed by atoms with Crippen LogP contribution in [-0.2, 0) is 4.79 Å². The van der Waals surface area contributed by atoms with E-state index in [4.69, 9.17) is 5.11 Å². The van der Waals surface area contributed by atoms with Crippen LogP contribution in [0.2, 0.25) is 0 Å². The summed E-state index contributed by atoms with van der Waals surface area (Å²) in [5, 5.41) is 7.93. The van der Waals surface area contributed by atoms with Crippen LogP contribution in [-0.4, -0.2) is 50.5 Å². The third-order valence-electron chi connectivity index (χ3n) is 0.838. The van der Waals surface area contributed by atoms with E-state index in [2.05, 4.69) is 0 Å². The van der Waals surface area contributed by atoms with Crippen molar-refractivity contribution >= 4 is 33.1 Å². The summed E-state index contributed by atoms with van der Waals surface area (Å²) in [5.41, 5.74) is 0. The number of halogens is 6. The predicted octanol–water partition coefficient (Wildman–Crippen LogP) is 1.74. The minimum atomic E-state index is -5.42. The van der Waals surface area contributed by atoms with E-state index in [9.17, 15) is 31.1 Å². The molecule has 79 valence electrons. The molecule has 0 aromatic heterocycles. The zero-order chi connectivity index (χ0) is 10.9. The number of hydrogen-bond acceptors (Lipinski definition) is 2. The molecule has 0 bridgehead atoms. The van der Waals surface area contributed by atoms with Gasteiger partial charge in [0, 0.05) is 33.4 Å². The van der Waals surface area contributed by atoms with E-state index >= 15 is 0 Å². The van der Waals surface area contributed by atoms with Crippen LogP contribution in [0.15, 0.2) is 11.8 Å². The van der Waals surface area contributed by atoms with Crippen molar-refractivity contribution in [3.05, 3.63) is 11.8 Å². The molecular weight excluding hydrogens is 410 g/mol. The van der Waals surface area contributed by atoms with Crippen molar-refractivity contribution in [1.82, 2.24) is 0 Å². The standard InChI is InChI=1S/C5H2F6O2.Tl/c6-4(7,8)2(12)1-3(13)5(9,10)11;/h1,12H;. The zero-order valence-electron chi connectivity index (χ0n) is 6.28. The largest absolute Gasteiger partial charge is 0.504 e. The topological polar surface area (TPSA) is 37.3 Å². The van der Waals surface area contributed by atoms with Crippen molar-refractivity contribution in [2.45, 2.75) is 12.4 Å². The van der Waals surface area contributed by atoms with E-state index in [1.165, 1.54) is 0 Å². The summed E-state index contributed by atoms with van der Waals surface area (Å²) in [5.74, 6) is -5.34. The van der Waals surface area contributed by atoms with Gasteiger partial charge in [0.2, 0.25) is 5.76 Å². The summed E-state index contributed by atoms with van der Waals surface area (Å²) in [4.78, 5) is 9.86. The Bertz CT molecular complexity index is 240. The van der Waals surface area contributed by atoms with Crippen molar-refractivity contribution in [2.24, 2.45) is 0 Å². The van der Waals surface area contributed by atoms with Crippen LogP contribution in [0.4, 0.5) is 26.3 Å².